The number of nitro groups is 1. The van der Waals surface area contributed by atoms with Gasteiger partial charge in [0.05, 0.1) is 10.6 Å². The number of non-ortho nitro benzene ring substituents is 1. The fourth-order valence-corrected chi connectivity index (χ4v) is 1.68. The molecule has 0 aromatic heterocycles. The zero-order valence-corrected chi connectivity index (χ0v) is 9.48. The summed E-state index contributed by atoms with van der Waals surface area (Å²) in [4.78, 5) is 10.3. The van der Waals surface area contributed by atoms with Crippen molar-refractivity contribution < 1.29 is 4.92 Å². The molecule has 0 fully saturated rings. The predicted octanol–water partition coefficient (Wildman–Crippen LogP) is 2.31. The first kappa shape index (κ1) is 11.8. The molecular weight excluding hydrogens is 230 g/mol. The van der Waals surface area contributed by atoms with E-state index in [-0.39, 0.29) is 5.69 Å². The van der Waals surface area contributed by atoms with Crippen molar-refractivity contribution in [1.82, 2.24) is 0 Å². The van der Waals surface area contributed by atoms with Crippen molar-refractivity contribution in [2.45, 2.75) is 0 Å². The van der Waals surface area contributed by atoms with E-state index in [9.17, 15) is 10.1 Å². The molecule has 0 spiro atoms. The maximum atomic E-state index is 10.7. The number of hydrogen-bond donors (Lipinski definition) is 1. The molecule has 0 radical (unpaired) electrons. The predicted molar refractivity (Wildman–Crippen MR) is 69.4 cm³/mol. The molecule has 18 heavy (non-hydrogen) atoms. The molecule has 5 nitrogen and oxygen atoms in total. The Bertz CT molecular complexity index is 594. The van der Waals surface area contributed by atoms with Gasteiger partial charge in [-0.1, -0.05) is 42.5 Å². The highest BCUT2D eigenvalue weighted by Gasteiger charge is 2.11. The summed E-state index contributed by atoms with van der Waals surface area (Å²) in [5.74, 6) is 5.38. The molecule has 0 aliphatic rings. The molecule has 2 rings (SSSR count). The van der Waals surface area contributed by atoms with Gasteiger partial charge >= 0.3 is 0 Å². The van der Waals surface area contributed by atoms with Gasteiger partial charge in [-0.05, 0) is 0 Å². The molecule has 0 atom stereocenters. The number of benzene rings is 2. The quantitative estimate of drug-likeness (QED) is 0.387. The molecule has 0 saturated carbocycles. The van der Waals surface area contributed by atoms with Gasteiger partial charge in [0.2, 0.25) is 0 Å². The van der Waals surface area contributed by atoms with Crippen molar-refractivity contribution >= 4 is 11.4 Å². The number of rotatable bonds is 3. The highest BCUT2D eigenvalue weighted by Crippen LogP contribution is 2.16. The number of nitrogens with two attached hydrogens (primary N) is 1. The van der Waals surface area contributed by atoms with Crippen molar-refractivity contribution in [2.24, 2.45) is 10.9 Å². The summed E-state index contributed by atoms with van der Waals surface area (Å²) in [6.45, 7) is 0. The van der Waals surface area contributed by atoms with E-state index in [1.165, 1.54) is 12.1 Å². The van der Waals surface area contributed by atoms with Crippen LogP contribution in [-0.4, -0.2) is 10.6 Å². The third-order valence-electron chi connectivity index (χ3n) is 2.51. The molecule has 0 unspecified atom stereocenters. The van der Waals surface area contributed by atoms with E-state index in [0.29, 0.717) is 11.3 Å². The summed E-state index contributed by atoms with van der Waals surface area (Å²) < 4.78 is 0. The molecule has 0 aliphatic heterocycles. The summed E-state index contributed by atoms with van der Waals surface area (Å²) in [7, 11) is 0. The Labute approximate surface area is 104 Å². The highest BCUT2D eigenvalue weighted by atomic mass is 16.6. The van der Waals surface area contributed by atoms with Crippen LogP contribution in [-0.2, 0) is 0 Å². The molecule has 0 aliphatic carbocycles. The second-order valence-electron chi connectivity index (χ2n) is 3.65. The Morgan fingerprint density at radius 2 is 1.72 bits per heavy atom. The Balaban J connectivity index is 2.47. The van der Waals surface area contributed by atoms with Crippen LogP contribution in [0.15, 0.2) is 59.7 Å². The van der Waals surface area contributed by atoms with Gasteiger partial charge in [0.25, 0.3) is 5.69 Å². The summed E-state index contributed by atoms with van der Waals surface area (Å²) in [5, 5.41) is 14.5. The van der Waals surface area contributed by atoms with Crippen LogP contribution in [0.2, 0.25) is 0 Å². The summed E-state index contributed by atoms with van der Waals surface area (Å²) >= 11 is 0. The molecule has 0 heterocycles. The van der Waals surface area contributed by atoms with Crippen LogP contribution in [0, 0.1) is 10.1 Å². The number of hydrogen-bond acceptors (Lipinski definition) is 4. The van der Waals surface area contributed by atoms with Gasteiger partial charge in [0, 0.05) is 23.3 Å². The van der Waals surface area contributed by atoms with Crippen LogP contribution in [0.1, 0.15) is 11.1 Å². The van der Waals surface area contributed by atoms with E-state index >= 15 is 0 Å². The Kier molecular flexibility index (Phi) is 3.33. The van der Waals surface area contributed by atoms with E-state index in [2.05, 4.69) is 5.10 Å². The summed E-state index contributed by atoms with van der Waals surface area (Å²) in [6.07, 6.45) is 0. The molecule has 90 valence electrons. The maximum absolute atomic E-state index is 10.7. The first-order valence-electron chi connectivity index (χ1n) is 5.30. The third kappa shape index (κ3) is 2.35. The van der Waals surface area contributed by atoms with Crippen molar-refractivity contribution in [3.8, 4) is 0 Å². The fraction of sp³-hybridized carbons (Fsp3) is 0. The molecule has 0 bridgehead atoms. The average Bonchev–Trinajstić information content (AvgIpc) is 2.41. The lowest BCUT2D eigenvalue weighted by Crippen LogP contribution is -2.06. The maximum Gasteiger partial charge on any atom is 0.270 e. The van der Waals surface area contributed by atoms with Crippen molar-refractivity contribution in [3.63, 3.8) is 0 Å². The van der Waals surface area contributed by atoms with E-state index in [4.69, 9.17) is 5.84 Å². The zero-order chi connectivity index (χ0) is 13.0. The van der Waals surface area contributed by atoms with Gasteiger partial charge in [-0.25, -0.2) is 0 Å². The van der Waals surface area contributed by atoms with E-state index in [1.54, 1.807) is 12.1 Å². The normalized spacial score (nSPS) is 11.2. The second kappa shape index (κ2) is 5.09. The monoisotopic (exact) mass is 241 g/mol. The van der Waals surface area contributed by atoms with Crippen LogP contribution >= 0.6 is 0 Å². The first-order valence-corrected chi connectivity index (χ1v) is 5.30. The van der Waals surface area contributed by atoms with Gasteiger partial charge in [0.15, 0.2) is 0 Å². The Hall–Kier alpha value is -2.69. The molecular formula is C13H11N3O2. The van der Waals surface area contributed by atoms with Crippen molar-refractivity contribution in [3.05, 3.63) is 75.8 Å². The zero-order valence-electron chi connectivity index (χ0n) is 9.48. The van der Waals surface area contributed by atoms with Crippen LogP contribution < -0.4 is 5.84 Å². The molecule has 2 N–H and O–H groups in total. The minimum absolute atomic E-state index is 0.0181. The van der Waals surface area contributed by atoms with Crippen molar-refractivity contribution in [2.75, 3.05) is 0 Å². The number of nitro benzene ring substituents is 1. The van der Waals surface area contributed by atoms with Crippen LogP contribution in [0.25, 0.3) is 0 Å². The van der Waals surface area contributed by atoms with Crippen LogP contribution in [0.5, 0.6) is 0 Å². The highest BCUT2D eigenvalue weighted by molar-refractivity contribution is 6.13. The van der Waals surface area contributed by atoms with E-state index in [0.717, 1.165) is 5.56 Å². The average molecular weight is 241 g/mol. The number of nitrogens with zero attached hydrogens (tertiary/aromatic N) is 2. The lowest BCUT2D eigenvalue weighted by atomic mass is 10.0. The smallest absolute Gasteiger partial charge is 0.270 e. The SMILES string of the molecule is NN=C(c1ccccc1)c1cccc([N+](=O)[O-])c1. The van der Waals surface area contributed by atoms with Gasteiger partial charge in [0.1, 0.15) is 0 Å². The van der Waals surface area contributed by atoms with E-state index in [1.807, 2.05) is 30.3 Å². The Morgan fingerprint density at radius 3 is 2.33 bits per heavy atom. The standard InChI is InChI=1S/C13H11N3O2/c14-15-13(10-5-2-1-3-6-10)11-7-4-8-12(9-11)16(17)18/h1-9H,14H2. The van der Waals surface area contributed by atoms with Gasteiger partial charge < -0.3 is 5.84 Å². The topological polar surface area (TPSA) is 81.5 Å². The van der Waals surface area contributed by atoms with Crippen molar-refractivity contribution in [1.29, 1.82) is 0 Å². The molecule has 2 aromatic carbocycles. The molecule has 5 heteroatoms. The van der Waals surface area contributed by atoms with Crippen LogP contribution in [0.4, 0.5) is 5.69 Å². The molecule has 0 saturated heterocycles. The molecule has 2 aromatic rings. The Morgan fingerprint density at radius 1 is 1.06 bits per heavy atom. The van der Waals surface area contributed by atoms with Gasteiger partial charge in [-0.15, -0.1) is 0 Å². The van der Waals surface area contributed by atoms with Gasteiger partial charge in [-0.2, -0.15) is 5.10 Å². The third-order valence-corrected chi connectivity index (χ3v) is 2.51. The largest absolute Gasteiger partial charge is 0.323 e. The van der Waals surface area contributed by atoms with Crippen LogP contribution in [0.3, 0.4) is 0 Å². The lowest BCUT2D eigenvalue weighted by molar-refractivity contribution is -0.384. The number of hydrazone groups is 1. The lowest BCUT2D eigenvalue weighted by Gasteiger charge is -2.05. The minimum Gasteiger partial charge on any atom is -0.323 e. The van der Waals surface area contributed by atoms with Gasteiger partial charge in [-0.3, -0.25) is 10.1 Å². The second-order valence-corrected chi connectivity index (χ2v) is 3.65. The first-order chi connectivity index (χ1) is 8.72. The summed E-state index contributed by atoms with van der Waals surface area (Å²) in [6, 6.07) is 15.5. The molecule has 0 amide bonds. The summed E-state index contributed by atoms with van der Waals surface area (Å²) in [5.41, 5.74) is 1.99. The minimum atomic E-state index is -0.442. The van der Waals surface area contributed by atoms with E-state index < -0.39 is 4.92 Å². The fourth-order valence-electron chi connectivity index (χ4n) is 1.68.